The normalized spacial score (nSPS) is 27.9. The van der Waals surface area contributed by atoms with Crippen LogP contribution in [0.1, 0.15) is 88.5 Å². The van der Waals surface area contributed by atoms with E-state index in [1.54, 1.807) is 11.1 Å². The Kier molecular flexibility index (Phi) is 7.31. The van der Waals surface area contributed by atoms with E-state index in [4.69, 9.17) is 0 Å². The lowest BCUT2D eigenvalue weighted by atomic mass is 9.26. The second-order valence-electron chi connectivity index (χ2n) is 20.8. The van der Waals surface area contributed by atoms with Crippen LogP contribution in [0, 0.1) is 29.1 Å². The third-order valence-electron chi connectivity index (χ3n) is 17.3. The Labute approximate surface area is 360 Å². The molecule has 0 N–H and O–H groups in total. The van der Waals surface area contributed by atoms with Crippen LogP contribution in [-0.4, -0.2) is 0 Å². The highest BCUT2D eigenvalue weighted by molar-refractivity contribution is 7.99. The summed E-state index contributed by atoms with van der Waals surface area (Å²) in [5.74, 6) is 3.45. The van der Waals surface area contributed by atoms with E-state index in [0.29, 0.717) is 5.41 Å². The Bertz CT molecular complexity index is 2900. The molecule has 13 rings (SSSR count). The number of benzene rings is 7. The van der Waals surface area contributed by atoms with Gasteiger partial charge in [-0.05, 0) is 176 Å². The van der Waals surface area contributed by atoms with Crippen LogP contribution in [-0.2, 0) is 16.2 Å². The molecule has 2 heteroatoms. The van der Waals surface area contributed by atoms with Crippen LogP contribution < -0.4 is 4.90 Å². The van der Waals surface area contributed by atoms with Gasteiger partial charge in [0.05, 0.1) is 5.69 Å². The van der Waals surface area contributed by atoms with Gasteiger partial charge in [0, 0.05) is 26.6 Å². The summed E-state index contributed by atoms with van der Waals surface area (Å²) in [5, 5.41) is 2.56. The predicted molar refractivity (Wildman–Crippen MR) is 251 cm³/mol. The molecule has 2 spiro atoms. The highest BCUT2D eigenvalue weighted by Gasteiger charge is 2.84. The quantitative estimate of drug-likeness (QED) is 0.171. The maximum atomic E-state index is 2.62. The summed E-state index contributed by atoms with van der Waals surface area (Å²) in [6, 6.07) is 58.4. The third kappa shape index (κ3) is 4.67. The van der Waals surface area contributed by atoms with E-state index in [-0.39, 0.29) is 16.2 Å². The first-order chi connectivity index (χ1) is 29.1. The third-order valence-corrected chi connectivity index (χ3v) is 18.5. The number of anilines is 3. The van der Waals surface area contributed by atoms with Crippen LogP contribution in [0.4, 0.5) is 17.1 Å². The van der Waals surface area contributed by atoms with E-state index in [0.717, 1.165) is 23.7 Å². The van der Waals surface area contributed by atoms with Gasteiger partial charge >= 0.3 is 0 Å². The Morgan fingerprint density at radius 1 is 0.500 bits per heavy atom. The van der Waals surface area contributed by atoms with Crippen molar-refractivity contribution in [3.05, 3.63) is 174 Å². The molecule has 5 aliphatic carbocycles. The maximum Gasteiger partial charge on any atom is 0.0604 e. The average molecular weight is 796 g/mol. The molecule has 0 amide bonds. The van der Waals surface area contributed by atoms with Gasteiger partial charge in [0.25, 0.3) is 0 Å². The van der Waals surface area contributed by atoms with Gasteiger partial charge in [0.2, 0.25) is 0 Å². The second kappa shape index (κ2) is 12.3. The number of rotatable bonds is 5. The second-order valence-corrected chi connectivity index (χ2v) is 21.9. The molecule has 1 nitrogen and oxygen atoms in total. The van der Waals surface area contributed by atoms with Gasteiger partial charge in [-0.2, -0.15) is 0 Å². The van der Waals surface area contributed by atoms with Gasteiger partial charge in [-0.3, -0.25) is 0 Å². The van der Waals surface area contributed by atoms with E-state index in [2.05, 4.69) is 184 Å². The molecule has 0 saturated heterocycles. The molecule has 296 valence electrons. The summed E-state index contributed by atoms with van der Waals surface area (Å²) in [4.78, 5) is 5.58. The molecule has 7 aromatic rings. The lowest BCUT2D eigenvalue weighted by Gasteiger charge is -2.78. The van der Waals surface area contributed by atoms with E-state index >= 15 is 0 Å². The summed E-state index contributed by atoms with van der Waals surface area (Å²) in [5.41, 5.74) is 16.1. The lowest BCUT2D eigenvalue weighted by molar-refractivity contribution is -0.235. The van der Waals surface area contributed by atoms with Gasteiger partial charge in [-0.15, -0.1) is 0 Å². The monoisotopic (exact) mass is 795 g/mol. The molecular weight excluding hydrogens is 743 g/mol. The van der Waals surface area contributed by atoms with Crippen molar-refractivity contribution in [1.29, 1.82) is 0 Å². The smallest absolute Gasteiger partial charge is 0.0604 e. The number of hydrogen-bond acceptors (Lipinski definition) is 2. The van der Waals surface area contributed by atoms with E-state index in [9.17, 15) is 0 Å². The minimum atomic E-state index is 0.117. The van der Waals surface area contributed by atoms with Gasteiger partial charge in [0.15, 0.2) is 0 Å². The highest BCUT2D eigenvalue weighted by Crippen LogP contribution is 2.89. The Hall–Kier alpha value is -5.05. The lowest BCUT2D eigenvalue weighted by Crippen LogP contribution is -2.74. The molecule has 4 saturated carbocycles. The number of nitrogens with zero attached hydrogens (tertiary/aromatic N) is 1. The zero-order valence-electron chi connectivity index (χ0n) is 35.3. The topological polar surface area (TPSA) is 3.24 Å². The first-order valence-electron chi connectivity index (χ1n) is 22.7. The van der Waals surface area contributed by atoms with Crippen LogP contribution >= 0.6 is 11.8 Å². The maximum absolute atomic E-state index is 2.62. The van der Waals surface area contributed by atoms with Gasteiger partial charge < -0.3 is 4.90 Å². The predicted octanol–water partition coefficient (Wildman–Crippen LogP) is 15.8. The summed E-state index contributed by atoms with van der Waals surface area (Å²) in [7, 11) is 0. The first kappa shape index (κ1) is 35.7. The van der Waals surface area contributed by atoms with Crippen LogP contribution in [0.5, 0.6) is 0 Å². The van der Waals surface area contributed by atoms with E-state index in [1.165, 1.54) is 110 Å². The van der Waals surface area contributed by atoms with Gasteiger partial charge in [0.1, 0.15) is 0 Å². The van der Waals surface area contributed by atoms with Crippen molar-refractivity contribution < 1.29 is 0 Å². The summed E-state index contributed by atoms with van der Waals surface area (Å²) in [6.07, 6.45) is 8.24. The zero-order valence-corrected chi connectivity index (χ0v) is 36.2. The molecule has 60 heavy (non-hydrogen) atoms. The molecule has 1 heterocycles. The highest BCUT2D eigenvalue weighted by atomic mass is 32.2. The molecule has 7 aromatic carbocycles. The van der Waals surface area contributed by atoms with Crippen molar-refractivity contribution in [2.24, 2.45) is 29.1 Å². The van der Waals surface area contributed by atoms with Crippen molar-refractivity contribution in [1.82, 2.24) is 0 Å². The average Bonchev–Trinajstić information content (AvgIpc) is 3.81. The summed E-state index contributed by atoms with van der Waals surface area (Å²) < 4.78 is 0. The molecule has 0 aromatic heterocycles. The fourth-order valence-electron chi connectivity index (χ4n) is 14.4. The van der Waals surface area contributed by atoms with Crippen molar-refractivity contribution in [2.75, 3.05) is 4.90 Å². The Morgan fingerprint density at radius 2 is 1.13 bits per heavy atom. The molecule has 6 aliphatic rings. The number of fused-ring (bicyclic) bond motifs is 9. The van der Waals surface area contributed by atoms with Crippen molar-refractivity contribution >= 4 is 39.6 Å². The standard InChI is InChI=1S/C58H53NS/c1-55(2)28-29-56(3,4)49-34-45(26-27-46(49)55)59(44-24-22-39(23-25-44)38-16-18-40(19-17-38)42-21-20-37-10-5-6-11-41(37)32-42)50-14-9-13-48-54(50)60-51-15-8-7-12-47(51)58(48)52-31-36-30-43-33-53(58)57(43,52)35-36/h5-27,32,34,36,43,52-53H,28-31,33,35H2,1-4H3. The van der Waals surface area contributed by atoms with Crippen molar-refractivity contribution in [3.63, 3.8) is 0 Å². The van der Waals surface area contributed by atoms with Gasteiger partial charge in [-0.25, -0.2) is 0 Å². The Balaban J connectivity index is 0.939. The van der Waals surface area contributed by atoms with Crippen molar-refractivity contribution in [3.8, 4) is 22.3 Å². The van der Waals surface area contributed by atoms with Gasteiger partial charge in [-0.1, -0.05) is 149 Å². The molecule has 1 aliphatic heterocycles. The minimum Gasteiger partial charge on any atom is -0.309 e. The fraction of sp³-hybridized carbons (Fsp3) is 0.310. The van der Waals surface area contributed by atoms with Crippen LogP contribution in [0.15, 0.2) is 161 Å². The molecular formula is C58H53NS. The molecule has 0 radical (unpaired) electrons. The Morgan fingerprint density at radius 3 is 1.92 bits per heavy atom. The minimum absolute atomic E-state index is 0.117. The SMILES string of the molecule is CC1(C)CCC(C)(C)c2cc(N(c3ccc(-c4ccc(-c5ccc6ccccc6c5)cc4)cc3)c3cccc4c3Sc3ccccc3C43C4CC5CC6CC3C64C5)ccc21. The van der Waals surface area contributed by atoms with Crippen LogP contribution in [0.2, 0.25) is 0 Å². The van der Waals surface area contributed by atoms with E-state index in [1.807, 2.05) is 11.8 Å². The number of hydrogen-bond donors (Lipinski definition) is 0. The fourth-order valence-corrected chi connectivity index (χ4v) is 15.8. The van der Waals surface area contributed by atoms with Crippen LogP contribution in [0.3, 0.4) is 0 Å². The first-order valence-corrected chi connectivity index (χ1v) is 23.5. The molecule has 4 fully saturated rings. The summed E-state index contributed by atoms with van der Waals surface area (Å²) in [6.45, 7) is 9.81. The summed E-state index contributed by atoms with van der Waals surface area (Å²) >= 11 is 2.04. The van der Waals surface area contributed by atoms with E-state index < -0.39 is 0 Å². The molecule has 6 unspecified atom stereocenters. The van der Waals surface area contributed by atoms with Crippen molar-refractivity contribution in [2.45, 2.75) is 92.3 Å². The van der Waals surface area contributed by atoms with Crippen LogP contribution in [0.25, 0.3) is 33.0 Å². The molecule has 2 bridgehead atoms. The largest absolute Gasteiger partial charge is 0.309 e. The molecule has 6 atom stereocenters. The zero-order chi connectivity index (χ0) is 40.2.